The van der Waals surface area contributed by atoms with E-state index in [-0.39, 0.29) is 11.0 Å². The van der Waals surface area contributed by atoms with Crippen molar-refractivity contribution >= 4 is 39.7 Å². The normalized spacial score (nSPS) is 10.1. The van der Waals surface area contributed by atoms with E-state index in [1.807, 2.05) is 12.3 Å². The highest BCUT2D eigenvalue weighted by Gasteiger charge is 2.13. The molecule has 0 aliphatic carbocycles. The molecule has 0 radical (unpaired) electrons. The van der Waals surface area contributed by atoms with Crippen molar-refractivity contribution in [2.75, 3.05) is 25.1 Å². The number of hydrogen-bond donors (Lipinski definition) is 2. The summed E-state index contributed by atoms with van der Waals surface area (Å²) in [6, 6.07) is 6.98. The first-order valence-electron chi connectivity index (χ1n) is 7.02. The zero-order valence-corrected chi connectivity index (χ0v) is 14.2. The molecule has 0 aliphatic heterocycles. The number of nitrogens with one attached hydrogen (secondary N) is 2. The summed E-state index contributed by atoms with van der Waals surface area (Å²) in [5.74, 6) is 0.146. The highest BCUT2D eigenvalue weighted by atomic mass is 32.1. The number of thiocarbonyl (C=S) groups is 1. The molecule has 1 heterocycles. The van der Waals surface area contributed by atoms with Crippen LogP contribution >= 0.6 is 23.6 Å². The molecular weight excluding hydrogens is 334 g/mol. The summed E-state index contributed by atoms with van der Waals surface area (Å²) in [7, 11) is 0. The number of carbonyl (C=O) groups excluding carboxylic acids is 1. The second-order valence-electron chi connectivity index (χ2n) is 4.29. The lowest BCUT2D eigenvalue weighted by Crippen LogP contribution is -2.34. The van der Waals surface area contributed by atoms with Crippen LogP contribution in [-0.2, 0) is 4.74 Å². The number of aromatic nitrogens is 1. The van der Waals surface area contributed by atoms with Crippen LogP contribution in [0.1, 0.15) is 17.3 Å². The molecule has 6 nitrogen and oxygen atoms in total. The van der Waals surface area contributed by atoms with Crippen LogP contribution in [0.5, 0.6) is 5.75 Å². The zero-order valence-electron chi connectivity index (χ0n) is 12.6. The highest BCUT2D eigenvalue weighted by molar-refractivity contribution is 7.80. The predicted octanol–water partition coefficient (Wildman–Crippen LogP) is 2.69. The standard InChI is InChI=1S/C15H17N3O3S2/c1-2-20-8-9-21-12-6-4-3-5-11(12)13(19)17-14(22)18-15-16-7-10-23-15/h3-7,10H,2,8-9H2,1H3,(H2,16,17,18,19,22). The molecule has 0 fully saturated rings. The van der Waals surface area contributed by atoms with Crippen molar-refractivity contribution in [2.45, 2.75) is 6.92 Å². The van der Waals surface area contributed by atoms with Crippen LogP contribution < -0.4 is 15.4 Å². The summed E-state index contributed by atoms with van der Waals surface area (Å²) in [6.45, 7) is 3.39. The van der Waals surface area contributed by atoms with Gasteiger partial charge in [-0.25, -0.2) is 4.98 Å². The molecule has 0 aliphatic rings. The molecule has 2 rings (SSSR count). The number of carbonyl (C=O) groups is 1. The van der Waals surface area contributed by atoms with Crippen LogP contribution in [0, 0.1) is 0 Å². The molecule has 0 atom stereocenters. The van der Waals surface area contributed by atoms with Gasteiger partial charge in [-0.1, -0.05) is 12.1 Å². The summed E-state index contributed by atoms with van der Waals surface area (Å²) in [4.78, 5) is 16.4. The van der Waals surface area contributed by atoms with E-state index in [0.29, 0.717) is 36.3 Å². The Morgan fingerprint density at radius 2 is 2.17 bits per heavy atom. The molecule has 0 saturated heterocycles. The van der Waals surface area contributed by atoms with Gasteiger partial charge in [0.1, 0.15) is 12.4 Å². The van der Waals surface area contributed by atoms with Crippen LogP contribution in [0.2, 0.25) is 0 Å². The van der Waals surface area contributed by atoms with Crippen molar-refractivity contribution in [1.29, 1.82) is 0 Å². The minimum Gasteiger partial charge on any atom is -0.490 e. The van der Waals surface area contributed by atoms with Gasteiger partial charge >= 0.3 is 0 Å². The molecular formula is C15H17N3O3S2. The molecule has 2 aromatic rings. The molecule has 0 saturated carbocycles. The van der Waals surface area contributed by atoms with Gasteiger partial charge in [0.05, 0.1) is 12.2 Å². The number of nitrogens with zero attached hydrogens (tertiary/aromatic N) is 1. The number of thiazole rings is 1. The van der Waals surface area contributed by atoms with Crippen LogP contribution in [-0.4, -0.2) is 35.8 Å². The lowest BCUT2D eigenvalue weighted by molar-refractivity contribution is 0.0958. The van der Waals surface area contributed by atoms with Gasteiger partial charge in [-0.05, 0) is 31.3 Å². The number of benzene rings is 1. The third-order valence-corrected chi connectivity index (χ3v) is 3.59. The van der Waals surface area contributed by atoms with Crippen LogP contribution in [0.3, 0.4) is 0 Å². The zero-order chi connectivity index (χ0) is 16.5. The first-order chi connectivity index (χ1) is 11.2. The second kappa shape index (κ2) is 9.19. The lowest BCUT2D eigenvalue weighted by Gasteiger charge is -2.12. The summed E-state index contributed by atoms with van der Waals surface area (Å²) >= 11 is 6.50. The Kier molecular flexibility index (Phi) is 6.92. The van der Waals surface area contributed by atoms with Crippen molar-refractivity contribution in [2.24, 2.45) is 0 Å². The number of hydrogen-bond acceptors (Lipinski definition) is 6. The van der Waals surface area contributed by atoms with E-state index in [1.165, 1.54) is 11.3 Å². The molecule has 1 amide bonds. The van der Waals surface area contributed by atoms with E-state index in [9.17, 15) is 4.79 Å². The van der Waals surface area contributed by atoms with Crippen LogP contribution in [0.15, 0.2) is 35.8 Å². The lowest BCUT2D eigenvalue weighted by atomic mass is 10.2. The molecule has 1 aromatic carbocycles. The first kappa shape index (κ1) is 17.3. The fourth-order valence-corrected chi connectivity index (χ4v) is 2.51. The van der Waals surface area contributed by atoms with Gasteiger partial charge in [0.25, 0.3) is 5.91 Å². The number of ether oxygens (including phenoxy) is 2. The van der Waals surface area contributed by atoms with Gasteiger partial charge in [0.2, 0.25) is 0 Å². The Hall–Kier alpha value is -2.03. The number of anilines is 1. The van der Waals surface area contributed by atoms with Crippen molar-refractivity contribution in [3.8, 4) is 5.75 Å². The third-order valence-electron chi connectivity index (χ3n) is 2.70. The molecule has 122 valence electrons. The molecule has 2 N–H and O–H groups in total. The van der Waals surface area contributed by atoms with E-state index < -0.39 is 0 Å². The Morgan fingerprint density at radius 1 is 1.35 bits per heavy atom. The first-order valence-corrected chi connectivity index (χ1v) is 8.31. The predicted molar refractivity (Wildman–Crippen MR) is 94.2 cm³/mol. The number of amides is 1. The molecule has 23 heavy (non-hydrogen) atoms. The highest BCUT2D eigenvalue weighted by Crippen LogP contribution is 2.18. The van der Waals surface area contributed by atoms with E-state index in [1.54, 1.807) is 30.5 Å². The largest absolute Gasteiger partial charge is 0.490 e. The van der Waals surface area contributed by atoms with E-state index in [2.05, 4.69) is 15.6 Å². The second-order valence-corrected chi connectivity index (χ2v) is 5.59. The Morgan fingerprint density at radius 3 is 2.91 bits per heavy atom. The summed E-state index contributed by atoms with van der Waals surface area (Å²) in [5, 5.41) is 8.09. The fraction of sp³-hybridized carbons (Fsp3) is 0.267. The molecule has 0 bridgehead atoms. The van der Waals surface area contributed by atoms with Crippen molar-refractivity contribution in [1.82, 2.24) is 10.3 Å². The number of rotatable bonds is 7. The quantitative estimate of drug-likeness (QED) is 0.590. The van der Waals surface area contributed by atoms with Gasteiger partial charge in [-0.3, -0.25) is 10.1 Å². The van der Waals surface area contributed by atoms with Gasteiger partial charge in [-0.15, -0.1) is 11.3 Å². The summed E-state index contributed by atoms with van der Waals surface area (Å²) in [6.07, 6.45) is 1.65. The Labute approximate surface area is 143 Å². The van der Waals surface area contributed by atoms with Gasteiger partial charge < -0.3 is 14.8 Å². The summed E-state index contributed by atoms with van der Waals surface area (Å²) in [5.41, 5.74) is 0.410. The molecule has 0 spiro atoms. The van der Waals surface area contributed by atoms with E-state index >= 15 is 0 Å². The number of para-hydroxylation sites is 1. The average molecular weight is 351 g/mol. The maximum absolute atomic E-state index is 12.3. The van der Waals surface area contributed by atoms with Crippen molar-refractivity contribution < 1.29 is 14.3 Å². The van der Waals surface area contributed by atoms with E-state index in [0.717, 1.165) is 0 Å². The van der Waals surface area contributed by atoms with Crippen LogP contribution in [0.4, 0.5) is 5.13 Å². The van der Waals surface area contributed by atoms with Crippen LogP contribution in [0.25, 0.3) is 0 Å². The molecule has 0 unspecified atom stereocenters. The smallest absolute Gasteiger partial charge is 0.261 e. The maximum atomic E-state index is 12.3. The van der Waals surface area contributed by atoms with Gasteiger partial charge in [0.15, 0.2) is 10.2 Å². The molecule has 8 heteroatoms. The van der Waals surface area contributed by atoms with E-state index in [4.69, 9.17) is 21.7 Å². The average Bonchev–Trinajstić information content (AvgIpc) is 3.04. The SMILES string of the molecule is CCOCCOc1ccccc1C(=O)NC(=S)Nc1nccs1. The van der Waals surface area contributed by atoms with Crippen molar-refractivity contribution in [3.05, 3.63) is 41.4 Å². The third kappa shape index (κ3) is 5.59. The topological polar surface area (TPSA) is 72.5 Å². The van der Waals surface area contributed by atoms with Crippen molar-refractivity contribution in [3.63, 3.8) is 0 Å². The Bertz CT molecular complexity index is 647. The molecule has 1 aromatic heterocycles. The van der Waals surface area contributed by atoms with Gasteiger partial charge in [0, 0.05) is 18.2 Å². The summed E-state index contributed by atoms with van der Waals surface area (Å²) < 4.78 is 10.8. The minimum atomic E-state index is -0.342. The fourth-order valence-electron chi connectivity index (χ4n) is 1.72. The van der Waals surface area contributed by atoms with Gasteiger partial charge in [-0.2, -0.15) is 0 Å². The minimum absolute atomic E-state index is 0.189. The Balaban J connectivity index is 1.94. The maximum Gasteiger partial charge on any atom is 0.261 e. The monoisotopic (exact) mass is 351 g/mol.